The molecule has 0 bridgehead atoms. The minimum Gasteiger partial charge on any atom is -0.455 e. The Bertz CT molecular complexity index is 3560. The molecule has 0 radical (unpaired) electrons. The molecule has 2 N–H and O–H groups in total. The highest BCUT2D eigenvalue weighted by atomic mass is 16.3. The molecule has 10 aromatic carbocycles. The van der Waals surface area contributed by atoms with Crippen molar-refractivity contribution in [3.05, 3.63) is 229 Å². The second-order valence-corrected chi connectivity index (χ2v) is 15.9. The molecule has 0 saturated carbocycles. The zero-order valence-electron chi connectivity index (χ0n) is 34.2. The van der Waals surface area contributed by atoms with Crippen molar-refractivity contribution < 1.29 is 4.42 Å². The summed E-state index contributed by atoms with van der Waals surface area (Å²) in [7, 11) is 0. The first-order valence-electron chi connectivity index (χ1n) is 21.1. The molecule has 0 spiro atoms. The average molecular weight is 796 g/mol. The molecule has 0 saturated heterocycles. The molecule has 0 aliphatic carbocycles. The smallest absolute Gasteiger partial charge is 0.158 e. The number of hydrogen-bond acceptors (Lipinski definition) is 2. The van der Waals surface area contributed by atoms with Crippen molar-refractivity contribution in [2.45, 2.75) is 13.0 Å². The van der Waals surface area contributed by atoms with Gasteiger partial charge in [-0.25, -0.2) is 4.99 Å². The van der Waals surface area contributed by atoms with Gasteiger partial charge in [0.1, 0.15) is 17.0 Å². The van der Waals surface area contributed by atoms with Gasteiger partial charge >= 0.3 is 0 Å². The maximum Gasteiger partial charge on any atom is 0.158 e. The number of furan rings is 1. The summed E-state index contributed by atoms with van der Waals surface area (Å²) in [6.45, 7) is 2.13. The Hall–Kier alpha value is -8.08. The van der Waals surface area contributed by atoms with Crippen LogP contribution in [0.3, 0.4) is 0 Å². The van der Waals surface area contributed by atoms with Crippen molar-refractivity contribution in [2.24, 2.45) is 15.7 Å². The SMILES string of the molecule is CC(N=C(N=C(N)c1cccc(-c2cccc(-c3cccc(-c4ccc5oc6c7ccccc7ccc6c5c4)c3)c2)c1)c1cccc2ccccc12)c1cccc2ccccc12. The van der Waals surface area contributed by atoms with E-state index in [4.69, 9.17) is 20.1 Å². The van der Waals surface area contributed by atoms with Crippen LogP contribution in [0.25, 0.3) is 87.6 Å². The Kier molecular flexibility index (Phi) is 9.24. The molecule has 62 heavy (non-hydrogen) atoms. The van der Waals surface area contributed by atoms with Gasteiger partial charge in [0.15, 0.2) is 5.84 Å². The fourth-order valence-electron chi connectivity index (χ4n) is 8.92. The Morgan fingerprint density at radius 3 is 1.68 bits per heavy atom. The molecule has 1 heterocycles. The number of fused-ring (bicyclic) bond motifs is 7. The van der Waals surface area contributed by atoms with Crippen LogP contribution in [0, 0.1) is 0 Å². The Balaban J connectivity index is 0.930. The third-order valence-electron chi connectivity index (χ3n) is 12.1. The van der Waals surface area contributed by atoms with Crippen LogP contribution < -0.4 is 5.73 Å². The highest BCUT2D eigenvalue weighted by Gasteiger charge is 2.16. The minimum atomic E-state index is -0.173. The van der Waals surface area contributed by atoms with Gasteiger partial charge in [-0.1, -0.05) is 176 Å². The number of nitrogens with zero attached hydrogens (tertiary/aromatic N) is 2. The van der Waals surface area contributed by atoms with Crippen LogP contribution in [0.5, 0.6) is 0 Å². The van der Waals surface area contributed by atoms with Crippen LogP contribution in [0.1, 0.15) is 29.7 Å². The first kappa shape index (κ1) is 37.0. The molecule has 4 nitrogen and oxygen atoms in total. The summed E-state index contributed by atoms with van der Waals surface area (Å²) in [6.07, 6.45) is 0. The standard InChI is InChI=1S/C58H41N3O/c1-37(48-27-11-16-38-13-2-5-24-49(38)48)60-58(53-28-12-17-39-14-3-6-25-50(39)53)61-57(59)47-23-10-22-45(35-47)43-20-8-18-41(33-43)42-19-9-21-44(34-42)46-30-32-55-54(36-46)52-31-29-40-15-4-7-26-51(40)56(52)62-55/h2-37H,1H3,(H2,59,60,61). The van der Waals surface area contributed by atoms with Crippen LogP contribution in [0.2, 0.25) is 0 Å². The average Bonchev–Trinajstić information content (AvgIpc) is 3.72. The predicted molar refractivity (Wildman–Crippen MR) is 261 cm³/mol. The second kappa shape index (κ2) is 15.5. The zero-order valence-corrected chi connectivity index (χ0v) is 34.2. The Labute approximate surface area is 360 Å². The van der Waals surface area contributed by atoms with Gasteiger partial charge in [0.2, 0.25) is 0 Å². The third-order valence-corrected chi connectivity index (χ3v) is 12.1. The molecule has 0 amide bonds. The van der Waals surface area contributed by atoms with E-state index >= 15 is 0 Å². The number of nitrogens with two attached hydrogens (primary N) is 1. The molecule has 4 heteroatoms. The first-order valence-corrected chi connectivity index (χ1v) is 21.1. The van der Waals surface area contributed by atoms with E-state index in [1.165, 1.54) is 16.2 Å². The van der Waals surface area contributed by atoms with Crippen LogP contribution in [0.4, 0.5) is 0 Å². The van der Waals surface area contributed by atoms with Crippen LogP contribution in [-0.4, -0.2) is 11.7 Å². The molecule has 11 rings (SSSR count). The summed E-state index contributed by atoms with van der Waals surface area (Å²) in [4.78, 5) is 10.5. The van der Waals surface area contributed by atoms with Gasteiger partial charge in [-0.3, -0.25) is 4.99 Å². The molecule has 0 aliphatic rings. The molecule has 1 unspecified atom stereocenters. The van der Waals surface area contributed by atoms with E-state index in [0.717, 1.165) is 88.2 Å². The fraction of sp³-hybridized carbons (Fsp3) is 0.0345. The second-order valence-electron chi connectivity index (χ2n) is 15.9. The van der Waals surface area contributed by atoms with E-state index in [-0.39, 0.29) is 6.04 Å². The quantitative estimate of drug-likeness (QED) is 0.129. The van der Waals surface area contributed by atoms with Crippen LogP contribution in [-0.2, 0) is 0 Å². The van der Waals surface area contributed by atoms with Gasteiger partial charge in [0.05, 0.1) is 6.04 Å². The summed E-state index contributed by atoms with van der Waals surface area (Å²) in [6, 6.07) is 74.3. The van der Waals surface area contributed by atoms with Crippen molar-refractivity contribution in [2.75, 3.05) is 0 Å². The molecule has 294 valence electrons. The first-order chi connectivity index (χ1) is 30.5. The number of rotatable bonds is 7. The lowest BCUT2D eigenvalue weighted by molar-refractivity contribution is 0.672. The van der Waals surface area contributed by atoms with Crippen molar-refractivity contribution in [3.8, 4) is 33.4 Å². The van der Waals surface area contributed by atoms with E-state index < -0.39 is 0 Å². The number of amidine groups is 2. The van der Waals surface area contributed by atoms with Gasteiger partial charge < -0.3 is 10.2 Å². The summed E-state index contributed by atoms with van der Waals surface area (Å²) < 4.78 is 6.41. The Morgan fingerprint density at radius 1 is 0.435 bits per heavy atom. The molecule has 0 aliphatic heterocycles. The van der Waals surface area contributed by atoms with E-state index in [1.807, 2.05) is 12.1 Å². The molecular weight excluding hydrogens is 755 g/mol. The summed E-state index contributed by atoms with van der Waals surface area (Å²) in [5.74, 6) is 1.00. The number of hydrogen-bond donors (Lipinski definition) is 1. The lowest BCUT2D eigenvalue weighted by atomic mass is 9.95. The molecule has 0 fully saturated rings. The molecule has 11 aromatic rings. The lowest BCUT2D eigenvalue weighted by Gasteiger charge is -2.14. The van der Waals surface area contributed by atoms with Gasteiger partial charge in [-0.05, 0) is 109 Å². The maximum atomic E-state index is 6.97. The minimum absolute atomic E-state index is 0.173. The molecule has 1 atom stereocenters. The lowest BCUT2D eigenvalue weighted by Crippen LogP contribution is -2.17. The number of aliphatic imine (C=N–C) groups is 2. The van der Waals surface area contributed by atoms with Crippen molar-refractivity contribution in [1.29, 1.82) is 0 Å². The maximum absolute atomic E-state index is 6.97. The van der Waals surface area contributed by atoms with E-state index in [9.17, 15) is 0 Å². The third kappa shape index (κ3) is 6.78. The summed E-state index contributed by atoms with van der Waals surface area (Å²) in [5.41, 5.74) is 18.4. The summed E-state index contributed by atoms with van der Waals surface area (Å²) in [5, 5.41) is 9.12. The largest absolute Gasteiger partial charge is 0.455 e. The highest BCUT2D eigenvalue weighted by molar-refractivity contribution is 6.17. The normalized spacial score (nSPS) is 12.8. The number of benzene rings is 10. The monoisotopic (exact) mass is 795 g/mol. The predicted octanol–water partition coefficient (Wildman–Crippen LogP) is 15.0. The van der Waals surface area contributed by atoms with E-state index in [1.54, 1.807) is 0 Å². The van der Waals surface area contributed by atoms with Crippen molar-refractivity contribution >= 4 is 65.9 Å². The van der Waals surface area contributed by atoms with Crippen molar-refractivity contribution in [1.82, 2.24) is 0 Å². The summed E-state index contributed by atoms with van der Waals surface area (Å²) >= 11 is 0. The van der Waals surface area contributed by atoms with Gasteiger partial charge in [-0.2, -0.15) is 0 Å². The zero-order chi connectivity index (χ0) is 41.6. The Morgan fingerprint density at radius 2 is 0.968 bits per heavy atom. The molecular formula is C58H41N3O. The van der Waals surface area contributed by atoms with Gasteiger partial charge in [0.25, 0.3) is 0 Å². The van der Waals surface area contributed by atoms with Crippen molar-refractivity contribution in [3.63, 3.8) is 0 Å². The van der Waals surface area contributed by atoms with E-state index in [0.29, 0.717) is 11.7 Å². The van der Waals surface area contributed by atoms with Gasteiger partial charge in [0, 0.05) is 27.3 Å². The fourth-order valence-corrected chi connectivity index (χ4v) is 8.92. The van der Waals surface area contributed by atoms with Gasteiger partial charge in [-0.15, -0.1) is 0 Å². The van der Waals surface area contributed by atoms with Crippen LogP contribution in [0.15, 0.2) is 227 Å². The molecule has 1 aromatic heterocycles. The topological polar surface area (TPSA) is 63.9 Å². The van der Waals surface area contributed by atoms with Crippen LogP contribution >= 0.6 is 0 Å². The van der Waals surface area contributed by atoms with E-state index in [2.05, 4.69) is 207 Å². The highest BCUT2D eigenvalue weighted by Crippen LogP contribution is 2.37.